The Morgan fingerprint density at radius 3 is 2.58 bits per heavy atom. The molecule has 104 valence electrons. The molecule has 0 aliphatic carbocycles. The van der Waals surface area contributed by atoms with Crippen LogP contribution in [0.2, 0.25) is 0 Å². The monoisotopic (exact) mass is 311 g/mol. The minimum absolute atomic E-state index is 0.133. The fourth-order valence-electron chi connectivity index (χ4n) is 1.48. The van der Waals surface area contributed by atoms with Crippen LogP contribution in [0.1, 0.15) is 11.4 Å². The van der Waals surface area contributed by atoms with Crippen LogP contribution in [-0.2, 0) is 28.8 Å². The number of thiazole rings is 1. The lowest BCUT2D eigenvalue weighted by Gasteiger charge is -2.04. The lowest BCUT2D eigenvalue weighted by molar-refractivity contribution is -0.143. The number of halogens is 3. The van der Waals surface area contributed by atoms with Crippen LogP contribution in [0.15, 0.2) is 22.0 Å². The molecular weight excluding hydrogens is 303 g/mol. The molecule has 2 rings (SSSR count). The van der Waals surface area contributed by atoms with Crippen molar-refractivity contribution < 1.29 is 21.6 Å². The lowest BCUT2D eigenvalue weighted by atomic mass is 10.3. The summed E-state index contributed by atoms with van der Waals surface area (Å²) in [6, 6.07) is 0.727. The zero-order valence-corrected chi connectivity index (χ0v) is 11.2. The molecule has 0 amide bonds. The van der Waals surface area contributed by atoms with E-state index in [0.717, 1.165) is 24.5 Å². The van der Waals surface area contributed by atoms with Crippen molar-refractivity contribution in [1.29, 1.82) is 0 Å². The van der Waals surface area contributed by atoms with Crippen molar-refractivity contribution in [2.45, 2.75) is 16.3 Å². The van der Waals surface area contributed by atoms with Crippen molar-refractivity contribution in [2.24, 2.45) is 7.05 Å². The first-order chi connectivity index (χ1) is 8.70. The van der Waals surface area contributed by atoms with Gasteiger partial charge in [0, 0.05) is 18.6 Å². The predicted octanol–water partition coefficient (Wildman–Crippen LogP) is 1.87. The molecule has 2 aromatic heterocycles. The van der Waals surface area contributed by atoms with Crippen molar-refractivity contribution in [3.05, 3.63) is 29.0 Å². The minimum atomic E-state index is -4.56. The Bertz CT molecular complexity index is 674. The Morgan fingerprint density at radius 1 is 1.42 bits per heavy atom. The van der Waals surface area contributed by atoms with Crippen molar-refractivity contribution in [2.75, 3.05) is 0 Å². The second kappa shape index (κ2) is 4.60. The number of sulfone groups is 1. The zero-order chi connectivity index (χ0) is 14.3. The molecule has 2 aromatic rings. The predicted molar refractivity (Wildman–Crippen MR) is 61.2 cm³/mol. The molecule has 0 N–H and O–H groups in total. The molecule has 0 saturated carbocycles. The molecular formula is C9H8F3N3O2S2. The number of nitrogens with zero attached hydrogens (tertiary/aromatic N) is 3. The van der Waals surface area contributed by atoms with Gasteiger partial charge in [-0.25, -0.2) is 13.4 Å². The highest BCUT2D eigenvalue weighted by Crippen LogP contribution is 2.30. The molecule has 0 fully saturated rings. The van der Waals surface area contributed by atoms with Gasteiger partial charge >= 0.3 is 6.18 Å². The largest absolute Gasteiger partial charge is 0.433 e. The topological polar surface area (TPSA) is 64.8 Å². The van der Waals surface area contributed by atoms with E-state index in [9.17, 15) is 21.6 Å². The summed E-state index contributed by atoms with van der Waals surface area (Å²) in [5.41, 5.74) is -1.15. The fraction of sp³-hybridized carbons (Fsp3) is 0.333. The van der Waals surface area contributed by atoms with Crippen LogP contribution in [0.5, 0.6) is 0 Å². The van der Waals surface area contributed by atoms with Gasteiger partial charge in [-0.2, -0.15) is 18.3 Å². The lowest BCUT2D eigenvalue weighted by Crippen LogP contribution is -2.11. The summed E-state index contributed by atoms with van der Waals surface area (Å²) in [5.74, 6) is -0.607. The summed E-state index contributed by atoms with van der Waals surface area (Å²) >= 11 is 0.910. The smallest absolute Gasteiger partial charge is 0.263 e. The van der Waals surface area contributed by atoms with Crippen LogP contribution in [0, 0.1) is 0 Å². The van der Waals surface area contributed by atoms with Gasteiger partial charge in [-0.15, -0.1) is 11.3 Å². The van der Waals surface area contributed by atoms with Gasteiger partial charge < -0.3 is 0 Å². The third-order valence-electron chi connectivity index (χ3n) is 2.23. The average Bonchev–Trinajstić information content (AvgIpc) is 2.85. The highest BCUT2D eigenvalue weighted by molar-refractivity contribution is 7.92. The van der Waals surface area contributed by atoms with E-state index in [1.165, 1.54) is 11.6 Å². The van der Waals surface area contributed by atoms with Gasteiger partial charge in [-0.05, 0) is 6.07 Å². The normalized spacial score (nSPS) is 12.8. The standard InChI is InChI=1S/C9H8F3N3O2S2/c1-15-7(9(10,11)12)4-6(14-15)5-19(16,17)8-13-2-3-18-8/h2-4H,5H2,1H3. The molecule has 0 unspecified atom stereocenters. The summed E-state index contributed by atoms with van der Waals surface area (Å²) < 4.78 is 61.8. The first kappa shape index (κ1) is 14.0. The number of alkyl halides is 3. The Kier molecular flexibility index (Phi) is 3.39. The van der Waals surface area contributed by atoms with Crippen LogP contribution in [0.4, 0.5) is 13.2 Å². The van der Waals surface area contributed by atoms with Crippen molar-refractivity contribution in [3.63, 3.8) is 0 Å². The van der Waals surface area contributed by atoms with E-state index in [1.54, 1.807) is 0 Å². The number of rotatable bonds is 3. The van der Waals surface area contributed by atoms with Gasteiger partial charge in [0.15, 0.2) is 0 Å². The molecule has 0 saturated heterocycles. The Hall–Kier alpha value is -1.42. The number of hydrogen-bond donors (Lipinski definition) is 0. The van der Waals surface area contributed by atoms with Gasteiger partial charge in [0.05, 0.1) is 5.69 Å². The second-order valence-electron chi connectivity index (χ2n) is 3.70. The summed E-state index contributed by atoms with van der Waals surface area (Å²) in [6.07, 6.45) is -3.25. The van der Waals surface area contributed by atoms with E-state index in [2.05, 4.69) is 10.1 Å². The van der Waals surface area contributed by atoms with Crippen molar-refractivity contribution in [1.82, 2.24) is 14.8 Å². The highest BCUT2D eigenvalue weighted by atomic mass is 32.2. The molecule has 19 heavy (non-hydrogen) atoms. The van der Waals surface area contributed by atoms with Gasteiger partial charge in [0.2, 0.25) is 14.2 Å². The molecule has 0 aromatic carbocycles. The Balaban J connectivity index is 2.31. The zero-order valence-electron chi connectivity index (χ0n) is 9.55. The highest BCUT2D eigenvalue weighted by Gasteiger charge is 2.35. The molecule has 10 heteroatoms. The maximum atomic E-state index is 12.5. The van der Waals surface area contributed by atoms with Crippen LogP contribution >= 0.6 is 11.3 Å². The average molecular weight is 311 g/mol. The van der Waals surface area contributed by atoms with E-state index in [4.69, 9.17) is 0 Å². The van der Waals surface area contributed by atoms with E-state index in [-0.39, 0.29) is 10.0 Å². The van der Waals surface area contributed by atoms with Crippen molar-refractivity contribution >= 4 is 21.2 Å². The van der Waals surface area contributed by atoms with Crippen LogP contribution < -0.4 is 0 Å². The first-order valence-corrected chi connectivity index (χ1v) is 7.46. The van der Waals surface area contributed by atoms with Crippen LogP contribution in [0.25, 0.3) is 0 Å². The van der Waals surface area contributed by atoms with Crippen molar-refractivity contribution in [3.8, 4) is 0 Å². The van der Waals surface area contributed by atoms with Gasteiger partial charge in [0.25, 0.3) is 0 Å². The molecule has 0 atom stereocenters. The van der Waals surface area contributed by atoms with E-state index in [0.29, 0.717) is 4.68 Å². The van der Waals surface area contributed by atoms with Gasteiger partial charge in [-0.3, -0.25) is 4.68 Å². The quantitative estimate of drug-likeness (QED) is 0.868. The SMILES string of the molecule is Cn1nc(CS(=O)(=O)c2nccs2)cc1C(F)(F)F. The summed E-state index contributed by atoms with van der Waals surface area (Å²) in [4.78, 5) is 3.64. The number of hydrogen-bond acceptors (Lipinski definition) is 5. The molecule has 0 bridgehead atoms. The molecule has 0 radical (unpaired) electrons. The number of aromatic nitrogens is 3. The molecule has 5 nitrogen and oxygen atoms in total. The fourth-order valence-corrected chi connectivity index (χ4v) is 3.65. The van der Waals surface area contributed by atoms with Gasteiger partial charge in [-0.1, -0.05) is 0 Å². The maximum absolute atomic E-state index is 12.5. The second-order valence-corrected chi connectivity index (χ2v) is 6.76. The summed E-state index contributed by atoms with van der Waals surface area (Å²) in [5, 5.41) is 5.05. The molecule has 0 spiro atoms. The third kappa shape index (κ3) is 2.95. The van der Waals surface area contributed by atoms with Gasteiger partial charge in [0.1, 0.15) is 11.4 Å². The van der Waals surface area contributed by atoms with E-state index < -0.39 is 27.5 Å². The maximum Gasteiger partial charge on any atom is 0.433 e. The van der Waals surface area contributed by atoms with E-state index >= 15 is 0 Å². The Labute approximate surface area is 110 Å². The molecule has 2 heterocycles. The third-order valence-corrected chi connectivity index (χ3v) is 5.16. The summed E-state index contributed by atoms with van der Waals surface area (Å²) in [7, 11) is -2.64. The Morgan fingerprint density at radius 2 is 2.11 bits per heavy atom. The van der Waals surface area contributed by atoms with E-state index in [1.807, 2.05) is 0 Å². The van der Waals surface area contributed by atoms with Crippen LogP contribution in [0.3, 0.4) is 0 Å². The number of aryl methyl sites for hydroxylation is 1. The first-order valence-electron chi connectivity index (χ1n) is 4.92. The molecule has 0 aliphatic heterocycles. The van der Waals surface area contributed by atoms with Crippen LogP contribution in [-0.4, -0.2) is 23.2 Å². The molecule has 0 aliphatic rings. The summed E-state index contributed by atoms with van der Waals surface area (Å²) in [6.45, 7) is 0. The minimum Gasteiger partial charge on any atom is -0.263 e.